The molecule has 1 aromatic carbocycles. The van der Waals surface area contributed by atoms with Gasteiger partial charge in [0.15, 0.2) is 11.5 Å². The zero-order valence-electron chi connectivity index (χ0n) is 16.1. The molecule has 0 radical (unpaired) electrons. The molecule has 26 heavy (non-hydrogen) atoms. The molecular weight excluding hydrogens is 354 g/mol. The average Bonchev–Trinajstić information content (AvgIpc) is 3.06. The number of rotatable bonds is 11. The van der Waals surface area contributed by atoms with Gasteiger partial charge in [0.1, 0.15) is 0 Å². The van der Waals surface area contributed by atoms with Crippen LogP contribution in [0.2, 0.25) is 0 Å². The number of nitrogens with zero attached hydrogens (tertiary/aromatic N) is 2. The van der Waals surface area contributed by atoms with E-state index in [-0.39, 0.29) is 0 Å². The summed E-state index contributed by atoms with van der Waals surface area (Å²) in [4.78, 5) is 1.38. The van der Waals surface area contributed by atoms with Gasteiger partial charge in [-0.2, -0.15) is 0 Å². The predicted octanol–water partition coefficient (Wildman–Crippen LogP) is 2.17. The third-order valence-electron chi connectivity index (χ3n) is 3.39. The van der Waals surface area contributed by atoms with E-state index in [4.69, 9.17) is 18.6 Å². The number of thioether (sulfide) groups is 1. The fraction of sp³-hybridized carbons (Fsp3) is 0.556. The molecule has 0 bridgehead atoms. The molecule has 0 atom stereocenters. The Hall–Kier alpha value is -1.93. The number of hydrogen-bond donors (Lipinski definition) is 1. The summed E-state index contributed by atoms with van der Waals surface area (Å²) in [6.45, 7) is 8.37. The summed E-state index contributed by atoms with van der Waals surface area (Å²) in [6.07, 6.45) is 0. The van der Waals surface area contributed by atoms with Crippen LogP contribution in [0, 0.1) is 0 Å². The Morgan fingerprint density at radius 2 is 1.58 bits per heavy atom. The van der Waals surface area contributed by atoms with Crippen molar-refractivity contribution in [3.8, 4) is 28.7 Å². The second kappa shape index (κ2) is 10.3. The molecule has 0 fully saturated rings. The maximum atomic E-state index is 5.80. The Bertz CT molecular complexity index is 664. The highest BCUT2D eigenvalue weighted by molar-refractivity contribution is 7.99. The van der Waals surface area contributed by atoms with Gasteiger partial charge in [-0.1, -0.05) is 11.8 Å². The molecule has 1 heterocycles. The molecule has 0 amide bonds. The lowest BCUT2D eigenvalue weighted by atomic mass is 10.2. The number of aromatic nitrogens is 2. The fourth-order valence-corrected chi connectivity index (χ4v) is 3.16. The second-order valence-electron chi connectivity index (χ2n) is 5.78. The van der Waals surface area contributed by atoms with Gasteiger partial charge in [0.2, 0.25) is 11.6 Å². The molecule has 2 rings (SSSR count). The highest BCUT2D eigenvalue weighted by Crippen LogP contribution is 2.41. The van der Waals surface area contributed by atoms with Crippen LogP contribution in [0.25, 0.3) is 11.5 Å². The van der Waals surface area contributed by atoms with Crippen LogP contribution in [0.15, 0.2) is 21.8 Å². The Morgan fingerprint density at radius 1 is 0.962 bits per heavy atom. The van der Waals surface area contributed by atoms with Crippen LogP contribution in [0.1, 0.15) is 20.8 Å². The summed E-state index contributed by atoms with van der Waals surface area (Å²) in [7, 11) is 4.23. The maximum Gasteiger partial charge on any atom is 0.277 e. The van der Waals surface area contributed by atoms with Gasteiger partial charge in [-0.25, -0.2) is 0 Å². The van der Waals surface area contributed by atoms with Crippen LogP contribution in [-0.4, -0.2) is 56.4 Å². The Balaban J connectivity index is 2.29. The van der Waals surface area contributed by atoms with Crippen LogP contribution >= 0.6 is 11.8 Å². The molecule has 0 unspecified atom stereocenters. The molecular formula is C18H28N3O4S+. The number of nitrogens with one attached hydrogen (secondary N) is 1. The lowest BCUT2D eigenvalue weighted by Crippen LogP contribution is -3.06. The predicted molar refractivity (Wildman–Crippen MR) is 102 cm³/mol. The first kappa shape index (κ1) is 20.4. The first-order chi connectivity index (χ1) is 12.6. The van der Waals surface area contributed by atoms with Crippen LogP contribution in [0.4, 0.5) is 0 Å². The highest BCUT2D eigenvalue weighted by atomic mass is 32.2. The molecule has 0 saturated carbocycles. The quantitative estimate of drug-likeness (QED) is 0.597. The molecule has 144 valence electrons. The van der Waals surface area contributed by atoms with E-state index in [1.807, 2.05) is 32.9 Å². The van der Waals surface area contributed by atoms with E-state index in [1.54, 1.807) is 11.8 Å². The second-order valence-corrected chi connectivity index (χ2v) is 6.83. The summed E-state index contributed by atoms with van der Waals surface area (Å²) in [5, 5.41) is 8.85. The van der Waals surface area contributed by atoms with Crippen LogP contribution in [0.5, 0.6) is 17.2 Å². The third kappa shape index (κ3) is 5.54. The van der Waals surface area contributed by atoms with E-state index in [0.717, 1.165) is 17.9 Å². The smallest absolute Gasteiger partial charge is 0.277 e. The van der Waals surface area contributed by atoms with Gasteiger partial charge in [-0.3, -0.25) is 0 Å². The van der Waals surface area contributed by atoms with Gasteiger partial charge in [-0.05, 0) is 32.9 Å². The van der Waals surface area contributed by atoms with E-state index in [9.17, 15) is 0 Å². The van der Waals surface area contributed by atoms with Gasteiger partial charge in [0, 0.05) is 5.56 Å². The first-order valence-electron chi connectivity index (χ1n) is 8.91. The summed E-state index contributed by atoms with van der Waals surface area (Å²) in [5.74, 6) is 3.18. The van der Waals surface area contributed by atoms with Gasteiger partial charge in [0.05, 0.1) is 46.2 Å². The van der Waals surface area contributed by atoms with Crippen molar-refractivity contribution in [1.29, 1.82) is 0 Å². The maximum absolute atomic E-state index is 5.80. The molecule has 2 aromatic rings. The summed E-state index contributed by atoms with van der Waals surface area (Å²) < 4.78 is 23.0. The summed E-state index contributed by atoms with van der Waals surface area (Å²) >= 11 is 1.56. The van der Waals surface area contributed by atoms with Crippen molar-refractivity contribution in [3.63, 3.8) is 0 Å². The molecule has 1 aromatic heterocycles. The molecule has 0 spiro atoms. The molecule has 0 aliphatic heterocycles. The largest absolute Gasteiger partial charge is 0.490 e. The van der Waals surface area contributed by atoms with E-state index in [2.05, 4.69) is 24.3 Å². The third-order valence-corrected chi connectivity index (χ3v) is 4.21. The highest BCUT2D eigenvalue weighted by Gasteiger charge is 2.19. The van der Waals surface area contributed by atoms with Gasteiger partial charge in [-0.15, -0.1) is 10.2 Å². The lowest BCUT2D eigenvalue weighted by molar-refractivity contribution is -0.855. The van der Waals surface area contributed by atoms with Crippen LogP contribution < -0.4 is 19.1 Å². The first-order valence-corrected chi connectivity index (χ1v) is 9.89. The van der Waals surface area contributed by atoms with Crippen molar-refractivity contribution < 1.29 is 23.5 Å². The minimum absolute atomic E-state index is 0.439. The van der Waals surface area contributed by atoms with E-state index >= 15 is 0 Å². The van der Waals surface area contributed by atoms with Gasteiger partial charge >= 0.3 is 0 Å². The average molecular weight is 383 g/mol. The Morgan fingerprint density at radius 3 is 2.12 bits per heavy atom. The molecule has 7 nitrogen and oxygen atoms in total. The minimum atomic E-state index is 0.439. The number of ether oxygens (including phenoxy) is 3. The Labute approximate surface area is 159 Å². The van der Waals surface area contributed by atoms with Crippen LogP contribution in [-0.2, 0) is 0 Å². The summed E-state index contributed by atoms with van der Waals surface area (Å²) in [6, 6.07) is 3.70. The zero-order valence-corrected chi connectivity index (χ0v) is 16.9. The molecule has 8 heteroatoms. The van der Waals surface area contributed by atoms with Gasteiger partial charge < -0.3 is 23.5 Å². The number of quaternary nitrogens is 1. The number of benzene rings is 1. The van der Waals surface area contributed by atoms with Gasteiger partial charge in [0.25, 0.3) is 5.22 Å². The van der Waals surface area contributed by atoms with Crippen molar-refractivity contribution in [1.82, 2.24) is 10.2 Å². The van der Waals surface area contributed by atoms with Crippen molar-refractivity contribution in [2.75, 3.05) is 46.2 Å². The minimum Gasteiger partial charge on any atom is -0.490 e. The van der Waals surface area contributed by atoms with Crippen molar-refractivity contribution >= 4 is 11.8 Å². The van der Waals surface area contributed by atoms with E-state index in [0.29, 0.717) is 48.2 Å². The number of hydrogen-bond acceptors (Lipinski definition) is 7. The Kier molecular flexibility index (Phi) is 8.06. The molecule has 0 aliphatic carbocycles. The standard InChI is InChI=1S/C18H27N3O4S/c1-6-22-14-11-13(12-15(23-7-2)16(14)24-8-3)17-19-20-18(25-17)26-10-9-21(4)5/h11-12H,6-10H2,1-5H3/p+1. The normalized spacial score (nSPS) is 11.0. The van der Waals surface area contributed by atoms with E-state index in [1.165, 1.54) is 4.90 Å². The monoisotopic (exact) mass is 382 g/mol. The van der Waals surface area contributed by atoms with E-state index < -0.39 is 0 Å². The topological polar surface area (TPSA) is 71.1 Å². The lowest BCUT2D eigenvalue weighted by Gasteiger charge is -2.16. The SMILES string of the molecule is CCOc1cc(-c2nnc(SCC[NH+](C)C)o2)cc(OCC)c1OCC. The zero-order chi connectivity index (χ0) is 18.9. The molecule has 1 N–H and O–H groups in total. The van der Waals surface area contributed by atoms with Crippen molar-refractivity contribution in [2.24, 2.45) is 0 Å². The molecule has 0 aliphatic rings. The van der Waals surface area contributed by atoms with Crippen LogP contribution in [0.3, 0.4) is 0 Å². The van der Waals surface area contributed by atoms with Crippen molar-refractivity contribution in [3.05, 3.63) is 12.1 Å². The van der Waals surface area contributed by atoms with Crippen molar-refractivity contribution in [2.45, 2.75) is 26.0 Å². The fourth-order valence-electron chi connectivity index (χ4n) is 2.24. The molecule has 0 saturated heterocycles. The summed E-state index contributed by atoms with van der Waals surface area (Å²) in [5.41, 5.74) is 0.748.